The zero-order chi connectivity index (χ0) is 9.43. The SMILES string of the molecule is C1CC(C2CC2)OC2(CCOCC2)N1. The lowest BCUT2D eigenvalue weighted by Crippen LogP contribution is -2.57. The van der Waals surface area contributed by atoms with Crippen LogP contribution in [0.15, 0.2) is 0 Å². The number of nitrogens with one attached hydrogen (secondary N) is 1. The standard InChI is InChI=1S/C11H19NO2/c1-2-9(1)10-3-6-12-11(14-10)4-7-13-8-5-11/h9-10,12H,1-8H2. The van der Waals surface area contributed by atoms with Crippen molar-refractivity contribution in [2.24, 2.45) is 5.92 Å². The summed E-state index contributed by atoms with van der Waals surface area (Å²) < 4.78 is 11.6. The molecule has 2 aliphatic heterocycles. The number of ether oxygens (including phenoxy) is 2. The van der Waals surface area contributed by atoms with Gasteiger partial charge in [-0.3, -0.25) is 5.32 Å². The molecule has 3 heteroatoms. The highest BCUT2D eigenvalue weighted by Gasteiger charge is 2.43. The molecule has 0 bridgehead atoms. The monoisotopic (exact) mass is 197 g/mol. The van der Waals surface area contributed by atoms with Gasteiger partial charge in [0, 0.05) is 19.4 Å². The fourth-order valence-electron chi connectivity index (χ4n) is 2.63. The molecule has 1 N–H and O–H groups in total. The van der Waals surface area contributed by atoms with Crippen LogP contribution in [0.25, 0.3) is 0 Å². The first-order valence-corrected chi connectivity index (χ1v) is 5.89. The van der Waals surface area contributed by atoms with Crippen molar-refractivity contribution < 1.29 is 9.47 Å². The molecule has 1 unspecified atom stereocenters. The summed E-state index contributed by atoms with van der Waals surface area (Å²) in [6.07, 6.45) is 6.56. The molecule has 2 saturated heterocycles. The molecule has 2 heterocycles. The van der Waals surface area contributed by atoms with Crippen LogP contribution < -0.4 is 5.32 Å². The van der Waals surface area contributed by atoms with E-state index in [4.69, 9.17) is 9.47 Å². The molecule has 3 rings (SSSR count). The number of hydrogen-bond acceptors (Lipinski definition) is 3. The van der Waals surface area contributed by atoms with Gasteiger partial charge in [0.2, 0.25) is 0 Å². The molecule has 3 aliphatic rings. The van der Waals surface area contributed by atoms with Gasteiger partial charge in [0.25, 0.3) is 0 Å². The third-order valence-electron chi connectivity index (χ3n) is 3.70. The Morgan fingerprint density at radius 1 is 1.07 bits per heavy atom. The van der Waals surface area contributed by atoms with E-state index >= 15 is 0 Å². The molecule has 0 aromatic rings. The molecule has 3 fully saturated rings. The summed E-state index contributed by atoms with van der Waals surface area (Å²) in [5.74, 6) is 0.872. The van der Waals surface area contributed by atoms with Crippen molar-refractivity contribution >= 4 is 0 Å². The predicted molar refractivity (Wildman–Crippen MR) is 53.0 cm³/mol. The maximum absolute atomic E-state index is 6.25. The third-order valence-corrected chi connectivity index (χ3v) is 3.70. The summed E-state index contributed by atoms with van der Waals surface area (Å²) in [4.78, 5) is 0. The van der Waals surface area contributed by atoms with E-state index in [1.165, 1.54) is 19.3 Å². The fraction of sp³-hybridized carbons (Fsp3) is 1.00. The molecule has 14 heavy (non-hydrogen) atoms. The van der Waals surface area contributed by atoms with E-state index in [0.29, 0.717) is 6.10 Å². The zero-order valence-electron chi connectivity index (χ0n) is 8.63. The number of rotatable bonds is 1. The van der Waals surface area contributed by atoms with Gasteiger partial charge < -0.3 is 9.47 Å². The third kappa shape index (κ3) is 1.69. The Bertz CT molecular complexity index is 204. The summed E-state index contributed by atoms with van der Waals surface area (Å²) >= 11 is 0. The Labute approximate surface area is 85.1 Å². The van der Waals surface area contributed by atoms with Crippen molar-refractivity contribution in [1.82, 2.24) is 5.32 Å². The Balaban J connectivity index is 1.66. The van der Waals surface area contributed by atoms with E-state index < -0.39 is 0 Å². The summed E-state index contributed by atoms with van der Waals surface area (Å²) in [7, 11) is 0. The maximum Gasteiger partial charge on any atom is 0.124 e. The first-order valence-electron chi connectivity index (χ1n) is 5.89. The molecule has 3 nitrogen and oxygen atoms in total. The topological polar surface area (TPSA) is 30.5 Å². The molecule has 1 saturated carbocycles. The van der Waals surface area contributed by atoms with Crippen LogP contribution >= 0.6 is 0 Å². The highest BCUT2D eigenvalue weighted by Crippen LogP contribution is 2.40. The van der Waals surface area contributed by atoms with Crippen molar-refractivity contribution in [3.8, 4) is 0 Å². The lowest BCUT2D eigenvalue weighted by atomic mass is 9.99. The summed E-state index contributed by atoms with van der Waals surface area (Å²) in [5.41, 5.74) is -0.0241. The molecule has 1 atom stereocenters. The molecular weight excluding hydrogens is 178 g/mol. The predicted octanol–water partition coefficient (Wildman–Crippen LogP) is 1.28. The second-order valence-corrected chi connectivity index (χ2v) is 4.82. The smallest absolute Gasteiger partial charge is 0.124 e. The van der Waals surface area contributed by atoms with Gasteiger partial charge in [0.15, 0.2) is 0 Å². The quantitative estimate of drug-likeness (QED) is 0.687. The van der Waals surface area contributed by atoms with Crippen molar-refractivity contribution in [2.45, 2.75) is 43.9 Å². The van der Waals surface area contributed by atoms with Crippen LogP contribution in [-0.4, -0.2) is 31.6 Å². The van der Waals surface area contributed by atoms with Crippen molar-refractivity contribution in [2.75, 3.05) is 19.8 Å². The highest BCUT2D eigenvalue weighted by molar-refractivity contribution is 4.92. The first-order chi connectivity index (χ1) is 6.88. The van der Waals surface area contributed by atoms with E-state index in [2.05, 4.69) is 5.32 Å². The number of hydrogen-bond donors (Lipinski definition) is 1. The van der Waals surface area contributed by atoms with Gasteiger partial charge in [-0.2, -0.15) is 0 Å². The van der Waals surface area contributed by atoms with Crippen LogP contribution in [0.3, 0.4) is 0 Å². The van der Waals surface area contributed by atoms with Crippen LogP contribution in [0.2, 0.25) is 0 Å². The molecule has 0 aromatic carbocycles. The maximum atomic E-state index is 6.25. The minimum absolute atomic E-state index is 0.0241. The van der Waals surface area contributed by atoms with Gasteiger partial charge in [-0.15, -0.1) is 0 Å². The van der Waals surface area contributed by atoms with Crippen LogP contribution in [0.4, 0.5) is 0 Å². The van der Waals surface area contributed by atoms with Crippen LogP contribution in [0.1, 0.15) is 32.1 Å². The molecule has 1 spiro atoms. The van der Waals surface area contributed by atoms with E-state index in [1.54, 1.807) is 0 Å². The van der Waals surface area contributed by atoms with Crippen molar-refractivity contribution in [3.05, 3.63) is 0 Å². The average Bonchev–Trinajstić information content (AvgIpc) is 3.02. The minimum atomic E-state index is -0.0241. The lowest BCUT2D eigenvalue weighted by Gasteiger charge is -2.44. The van der Waals surface area contributed by atoms with Crippen molar-refractivity contribution in [3.63, 3.8) is 0 Å². The van der Waals surface area contributed by atoms with Gasteiger partial charge in [-0.1, -0.05) is 0 Å². The summed E-state index contributed by atoms with van der Waals surface area (Å²) in [6, 6.07) is 0. The minimum Gasteiger partial charge on any atom is -0.381 e. The van der Waals surface area contributed by atoms with Crippen LogP contribution in [0, 0.1) is 5.92 Å². The molecular formula is C11H19NO2. The molecule has 80 valence electrons. The van der Waals surface area contributed by atoms with Crippen molar-refractivity contribution in [1.29, 1.82) is 0 Å². The molecule has 0 aromatic heterocycles. The first kappa shape index (κ1) is 9.13. The van der Waals surface area contributed by atoms with E-state index in [0.717, 1.165) is 38.5 Å². The highest BCUT2D eigenvalue weighted by atomic mass is 16.5. The Hall–Kier alpha value is -0.120. The zero-order valence-corrected chi connectivity index (χ0v) is 8.63. The van der Waals surface area contributed by atoms with E-state index in [1.807, 2.05) is 0 Å². The molecule has 0 radical (unpaired) electrons. The van der Waals surface area contributed by atoms with Gasteiger partial charge in [0.05, 0.1) is 19.3 Å². The molecule has 0 amide bonds. The Morgan fingerprint density at radius 3 is 2.57 bits per heavy atom. The average molecular weight is 197 g/mol. The second-order valence-electron chi connectivity index (χ2n) is 4.82. The van der Waals surface area contributed by atoms with E-state index in [9.17, 15) is 0 Å². The fourth-order valence-corrected chi connectivity index (χ4v) is 2.63. The Morgan fingerprint density at radius 2 is 1.86 bits per heavy atom. The summed E-state index contributed by atoms with van der Waals surface area (Å²) in [5, 5.41) is 3.54. The normalized spacial score (nSPS) is 37.3. The largest absolute Gasteiger partial charge is 0.381 e. The van der Waals surface area contributed by atoms with Crippen LogP contribution in [0.5, 0.6) is 0 Å². The van der Waals surface area contributed by atoms with Gasteiger partial charge in [0.1, 0.15) is 5.72 Å². The van der Waals surface area contributed by atoms with Gasteiger partial charge >= 0.3 is 0 Å². The van der Waals surface area contributed by atoms with Gasteiger partial charge in [-0.25, -0.2) is 0 Å². The van der Waals surface area contributed by atoms with E-state index in [-0.39, 0.29) is 5.72 Å². The lowest BCUT2D eigenvalue weighted by molar-refractivity contribution is -0.187. The van der Waals surface area contributed by atoms with Crippen LogP contribution in [-0.2, 0) is 9.47 Å². The Kier molecular flexibility index (Phi) is 2.26. The van der Waals surface area contributed by atoms with Gasteiger partial charge in [-0.05, 0) is 25.2 Å². The second kappa shape index (κ2) is 3.47. The summed E-state index contributed by atoms with van der Waals surface area (Å²) in [6.45, 7) is 2.83. The molecule has 1 aliphatic carbocycles.